The van der Waals surface area contributed by atoms with Gasteiger partial charge in [0.1, 0.15) is 0 Å². The predicted octanol–water partition coefficient (Wildman–Crippen LogP) is 2.68. The van der Waals surface area contributed by atoms with E-state index in [4.69, 9.17) is 9.47 Å². The maximum atomic E-state index is 6.07. The first-order valence-electron chi connectivity index (χ1n) is 10.9. The molecule has 0 bridgehead atoms. The number of rotatable bonds is 6. The molecule has 2 aliphatic rings. The van der Waals surface area contributed by atoms with Gasteiger partial charge in [0, 0.05) is 59.1 Å². The van der Waals surface area contributed by atoms with Crippen molar-refractivity contribution in [2.24, 2.45) is 12.0 Å². The fourth-order valence-electron chi connectivity index (χ4n) is 4.28. The number of hydrogen-bond donors (Lipinski definition) is 1. The molecule has 1 aromatic carbocycles. The Labute approximate surface area is 179 Å². The number of ether oxygens (including phenoxy) is 2. The van der Waals surface area contributed by atoms with Gasteiger partial charge in [0.2, 0.25) is 0 Å². The molecule has 0 radical (unpaired) electrons. The Morgan fingerprint density at radius 2 is 2.10 bits per heavy atom. The molecule has 3 heterocycles. The Balaban J connectivity index is 1.28. The Kier molecular flexibility index (Phi) is 7.02. The zero-order chi connectivity index (χ0) is 20.8. The number of guanidine groups is 1. The van der Waals surface area contributed by atoms with E-state index in [1.807, 2.05) is 25.0 Å². The van der Waals surface area contributed by atoms with Crippen LogP contribution >= 0.6 is 0 Å². The smallest absolute Gasteiger partial charge is 0.193 e. The first-order chi connectivity index (χ1) is 14.7. The molecule has 0 aliphatic carbocycles. The highest BCUT2D eigenvalue weighted by atomic mass is 16.5. The number of aryl methyl sites for hydroxylation is 1. The summed E-state index contributed by atoms with van der Waals surface area (Å²) in [4.78, 5) is 6.86. The second-order valence-electron chi connectivity index (χ2n) is 8.22. The number of likely N-dealkylation sites (tertiary alicyclic amines) is 1. The van der Waals surface area contributed by atoms with E-state index in [0.717, 1.165) is 58.1 Å². The molecule has 1 N–H and O–H groups in total. The van der Waals surface area contributed by atoms with Crippen LogP contribution in [-0.2, 0) is 29.7 Å². The number of hydrogen-bond acceptors (Lipinski definition) is 4. The van der Waals surface area contributed by atoms with Gasteiger partial charge in [-0.1, -0.05) is 24.3 Å². The van der Waals surface area contributed by atoms with Crippen LogP contribution in [0.4, 0.5) is 0 Å². The molecule has 1 aromatic heterocycles. The molecular formula is C23H33N5O2. The number of aliphatic imine (C=N–C) groups is 1. The molecule has 0 saturated carbocycles. The van der Waals surface area contributed by atoms with Gasteiger partial charge in [-0.25, -0.2) is 0 Å². The maximum absolute atomic E-state index is 6.07. The Morgan fingerprint density at radius 3 is 2.87 bits per heavy atom. The standard InChI is InChI=1S/C23H33N5O2/c1-24-23(28-9-6-20(16-28)21-14-26-27(2)15-21)25-13-18-4-3-5-19(12-18)17-30-22-7-10-29-11-8-22/h3-5,12,14-15,20,22H,6-11,13,16-17H2,1-2H3,(H,24,25). The highest BCUT2D eigenvalue weighted by Gasteiger charge is 2.26. The normalized spacial score (nSPS) is 20.7. The van der Waals surface area contributed by atoms with Crippen LogP contribution in [0.15, 0.2) is 41.7 Å². The van der Waals surface area contributed by atoms with E-state index >= 15 is 0 Å². The molecule has 4 rings (SSSR count). The maximum Gasteiger partial charge on any atom is 0.193 e. The average Bonchev–Trinajstić information content (AvgIpc) is 3.43. The molecule has 0 amide bonds. The molecule has 0 spiro atoms. The van der Waals surface area contributed by atoms with E-state index in [9.17, 15) is 0 Å². The summed E-state index contributed by atoms with van der Waals surface area (Å²) in [5, 5.41) is 7.85. The average molecular weight is 412 g/mol. The fourth-order valence-corrected chi connectivity index (χ4v) is 4.28. The molecule has 7 heteroatoms. The Bertz CT molecular complexity index is 844. The third-order valence-corrected chi connectivity index (χ3v) is 5.99. The van der Waals surface area contributed by atoms with Crippen molar-refractivity contribution in [2.45, 2.75) is 44.4 Å². The molecule has 30 heavy (non-hydrogen) atoms. The molecule has 7 nitrogen and oxygen atoms in total. The van der Waals surface area contributed by atoms with Crippen LogP contribution in [0, 0.1) is 0 Å². The van der Waals surface area contributed by atoms with Crippen LogP contribution in [0.25, 0.3) is 0 Å². The van der Waals surface area contributed by atoms with Crippen LogP contribution < -0.4 is 5.32 Å². The van der Waals surface area contributed by atoms with Crippen molar-refractivity contribution < 1.29 is 9.47 Å². The van der Waals surface area contributed by atoms with Crippen LogP contribution in [0.2, 0.25) is 0 Å². The van der Waals surface area contributed by atoms with Gasteiger partial charge in [-0.05, 0) is 36.0 Å². The summed E-state index contributed by atoms with van der Waals surface area (Å²) in [6, 6.07) is 8.62. The van der Waals surface area contributed by atoms with Crippen molar-refractivity contribution in [3.8, 4) is 0 Å². The zero-order valence-corrected chi connectivity index (χ0v) is 18.1. The SMILES string of the molecule is CN=C(NCc1cccc(COC2CCOCC2)c1)N1CCC(c2cnn(C)c2)C1. The van der Waals surface area contributed by atoms with Gasteiger partial charge in [0.05, 0.1) is 18.9 Å². The summed E-state index contributed by atoms with van der Waals surface area (Å²) in [7, 11) is 3.83. The van der Waals surface area contributed by atoms with Gasteiger partial charge in [0.15, 0.2) is 5.96 Å². The lowest BCUT2D eigenvalue weighted by Gasteiger charge is -2.23. The molecule has 1 unspecified atom stereocenters. The van der Waals surface area contributed by atoms with Crippen molar-refractivity contribution in [1.29, 1.82) is 0 Å². The summed E-state index contributed by atoms with van der Waals surface area (Å²) in [6.45, 7) is 5.03. The zero-order valence-electron chi connectivity index (χ0n) is 18.1. The minimum atomic E-state index is 0.322. The quantitative estimate of drug-likeness (QED) is 0.585. The Morgan fingerprint density at radius 1 is 1.27 bits per heavy atom. The van der Waals surface area contributed by atoms with Crippen LogP contribution in [0.5, 0.6) is 0 Å². The predicted molar refractivity (Wildman–Crippen MR) is 117 cm³/mol. The van der Waals surface area contributed by atoms with Crippen molar-refractivity contribution in [1.82, 2.24) is 20.0 Å². The largest absolute Gasteiger partial charge is 0.381 e. The number of nitrogens with zero attached hydrogens (tertiary/aromatic N) is 4. The monoisotopic (exact) mass is 411 g/mol. The van der Waals surface area contributed by atoms with Crippen LogP contribution in [0.1, 0.15) is 41.9 Å². The van der Waals surface area contributed by atoms with E-state index in [1.165, 1.54) is 16.7 Å². The molecule has 2 aromatic rings. The van der Waals surface area contributed by atoms with E-state index < -0.39 is 0 Å². The second-order valence-corrected chi connectivity index (χ2v) is 8.22. The summed E-state index contributed by atoms with van der Waals surface area (Å²) < 4.78 is 13.4. The third-order valence-electron chi connectivity index (χ3n) is 5.99. The van der Waals surface area contributed by atoms with E-state index in [1.54, 1.807) is 0 Å². The highest BCUT2D eigenvalue weighted by molar-refractivity contribution is 5.80. The van der Waals surface area contributed by atoms with Crippen molar-refractivity contribution >= 4 is 5.96 Å². The molecule has 162 valence electrons. The summed E-state index contributed by atoms with van der Waals surface area (Å²) in [6.07, 6.45) is 7.55. The van der Waals surface area contributed by atoms with Gasteiger partial charge >= 0.3 is 0 Å². The molecule has 1 atom stereocenters. The number of nitrogens with one attached hydrogen (secondary N) is 1. The van der Waals surface area contributed by atoms with E-state index in [-0.39, 0.29) is 0 Å². The van der Waals surface area contributed by atoms with Gasteiger partial charge in [-0.2, -0.15) is 5.10 Å². The van der Waals surface area contributed by atoms with Gasteiger partial charge < -0.3 is 19.7 Å². The van der Waals surface area contributed by atoms with Gasteiger partial charge in [-0.3, -0.25) is 9.67 Å². The van der Waals surface area contributed by atoms with Crippen molar-refractivity contribution in [2.75, 3.05) is 33.4 Å². The van der Waals surface area contributed by atoms with Gasteiger partial charge in [0.25, 0.3) is 0 Å². The third kappa shape index (κ3) is 5.40. The first kappa shape index (κ1) is 20.9. The molecule has 2 aliphatic heterocycles. The summed E-state index contributed by atoms with van der Waals surface area (Å²) in [5.74, 6) is 1.48. The second kappa shape index (κ2) is 10.1. The number of aromatic nitrogens is 2. The summed E-state index contributed by atoms with van der Waals surface area (Å²) >= 11 is 0. The first-order valence-corrected chi connectivity index (χ1v) is 10.9. The van der Waals surface area contributed by atoms with Crippen LogP contribution in [0.3, 0.4) is 0 Å². The van der Waals surface area contributed by atoms with Crippen molar-refractivity contribution in [3.05, 3.63) is 53.3 Å². The topological polar surface area (TPSA) is 63.9 Å². The molecule has 2 saturated heterocycles. The lowest BCUT2D eigenvalue weighted by Crippen LogP contribution is -2.39. The minimum Gasteiger partial charge on any atom is -0.381 e. The lowest BCUT2D eigenvalue weighted by atomic mass is 10.0. The summed E-state index contributed by atoms with van der Waals surface area (Å²) in [5.41, 5.74) is 3.77. The highest BCUT2D eigenvalue weighted by Crippen LogP contribution is 2.26. The van der Waals surface area contributed by atoms with Gasteiger partial charge in [-0.15, -0.1) is 0 Å². The van der Waals surface area contributed by atoms with Crippen LogP contribution in [-0.4, -0.2) is 60.1 Å². The molecular weight excluding hydrogens is 378 g/mol. The fraction of sp³-hybridized carbons (Fsp3) is 0.565. The minimum absolute atomic E-state index is 0.322. The number of benzene rings is 1. The Hall–Kier alpha value is -2.38. The lowest BCUT2D eigenvalue weighted by molar-refractivity contribution is -0.0390. The molecule has 2 fully saturated rings. The van der Waals surface area contributed by atoms with E-state index in [0.29, 0.717) is 18.6 Å². The van der Waals surface area contributed by atoms with Crippen molar-refractivity contribution in [3.63, 3.8) is 0 Å². The van der Waals surface area contributed by atoms with E-state index in [2.05, 4.69) is 50.8 Å².